The molecule has 3 aliphatic rings. The molecule has 3 heterocycles. The van der Waals surface area contributed by atoms with E-state index in [9.17, 15) is 14.7 Å². The lowest BCUT2D eigenvalue weighted by molar-refractivity contribution is 0.00876. The van der Waals surface area contributed by atoms with Gasteiger partial charge in [0, 0.05) is 23.2 Å². The number of carboxylic acids is 1. The fourth-order valence-corrected chi connectivity index (χ4v) is 5.94. The average molecular weight is 534 g/mol. The first-order valence-corrected chi connectivity index (χ1v) is 12.4. The number of carbonyl (C=O) groups is 2. The van der Waals surface area contributed by atoms with Crippen molar-refractivity contribution < 1.29 is 43.1 Å². The summed E-state index contributed by atoms with van der Waals surface area (Å²) in [5, 5.41) is 9.64. The Labute approximate surface area is 224 Å². The highest BCUT2D eigenvalue weighted by atomic mass is 16.7. The number of fused-ring (bicyclic) bond motifs is 3. The number of methoxy groups -OCH3 is 3. The number of hydrogen-bond acceptors (Lipinski definition) is 9. The minimum absolute atomic E-state index is 0.00104. The van der Waals surface area contributed by atoms with Crippen molar-refractivity contribution in [3.05, 3.63) is 64.2 Å². The van der Waals surface area contributed by atoms with E-state index in [1.807, 2.05) is 19.2 Å². The molecule has 2 atom stereocenters. The van der Waals surface area contributed by atoms with E-state index in [0.29, 0.717) is 58.4 Å². The number of nitrogens with zero attached hydrogens (tertiary/aromatic N) is 1. The van der Waals surface area contributed by atoms with Crippen molar-refractivity contribution in [3.8, 4) is 39.9 Å². The van der Waals surface area contributed by atoms with Gasteiger partial charge in [0.2, 0.25) is 12.5 Å². The number of rotatable bonds is 6. The summed E-state index contributed by atoms with van der Waals surface area (Å²) < 4.78 is 34.8. The van der Waals surface area contributed by atoms with Gasteiger partial charge in [0.05, 0.1) is 32.9 Å². The Balaban J connectivity index is 1.60. The van der Waals surface area contributed by atoms with Gasteiger partial charge in [0.1, 0.15) is 11.7 Å². The van der Waals surface area contributed by atoms with Crippen LogP contribution in [0.4, 0.5) is 0 Å². The standard InChI is InChI=1S/C29H27NO9/c1-30-11-10-16-19(14-6-5-7-15(12-14)28(31)32)26-27(38-13-37-26)25(36-4)20(16)22(30)23-17-8-9-18(34-2)24(35-3)21(17)29(33)39-23/h5-9,12,22-23H,10-11,13H2,1-4H3,(H,31,32)/t22-,23+/m1/s1. The lowest BCUT2D eigenvalue weighted by Gasteiger charge is -2.39. The van der Waals surface area contributed by atoms with Gasteiger partial charge >= 0.3 is 11.9 Å². The zero-order valence-electron chi connectivity index (χ0n) is 21.9. The van der Waals surface area contributed by atoms with E-state index in [4.69, 9.17) is 28.4 Å². The van der Waals surface area contributed by atoms with Gasteiger partial charge in [0.15, 0.2) is 23.0 Å². The second-order valence-corrected chi connectivity index (χ2v) is 9.52. The fourth-order valence-electron chi connectivity index (χ4n) is 5.94. The summed E-state index contributed by atoms with van der Waals surface area (Å²) in [5.74, 6) is 0.677. The highest BCUT2D eigenvalue weighted by molar-refractivity contribution is 5.98. The van der Waals surface area contributed by atoms with Crippen LogP contribution in [0.5, 0.6) is 28.7 Å². The highest BCUT2D eigenvalue weighted by Crippen LogP contribution is 2.58. The number of esters is 1. The molecule has 10 nitrogen and oxygen atoms in total. The second-order valence-electron chi connectivity index (χ2n) is 9.52. The maximum absolute atomic E-state index is 13.2. The third kappa shape index (κ3) is 3.66. The van der Waals surface area contributed by atoms with E-state index in [1.54, 1.807) is 31.4 Å². The summed E-state index contributed by atoms with van der Waals surface area (Å²) in [4.78, 5) is 27.1. The fraction of sp³-hybridized carbons (Fsp3) is 0.310. The predicted octanol–water partition coefficient (Wildman–Crippen LogP) is 4.25. The minimum atomic E-state index is -1.02. The number of likely N-dealkylation sites (N-methyl/N-ethyl adjacent to an activating group) is 1. The number of ether oxygens (including phenoxy) is 6. The van der Waals surface area contributed by atoms with Gasteiger partial charge in [0.25, 0.3) is 0 Å². The summed E-state index contributed by atoms with van der Waals surface area (Å²) in [6.45, 7) is 0.641. The van der Waals surface area contributed by atoms with Crippen LogP contribution in [0, 0.1) is 0 Å². The first-order chi connectivity index (χ1) is 18.9. The third-order valence-electron chi connectivity index (χ3n) is 7.61. The van der Waals surface area contributed by atoms with Gasteiger partial charge in [-0.15, -0.1) is 0 Å². The van der Waals surface area contributed by atoms with E-state index in [1.165, 1.54) is 14.2 Å². The minimum Gasteiger partial charge on any atom is -0.493 e. The molecule has 0 radical (unpaired) electrons. The summed E-state index contributed by atoms with van der Waals surface area (Å²) in [6, 6.07) is 9.88. The van der Waals surface area contributed by atoms with Gasteiger partial charge in [-0.3, -0.25) is 4.90 Å². The molecule has 0 saturated carbocycles. The van der Waals surface area contributed by atoms with Crippen molar-refractivity contribution in [3.63, 3.8) is 0 Å². The van der Waals surface area contributed by atoms with Gasteiger partial charge in [-0.05, 0) is 42.8 Å². The zero-order valence-corrected chi connectivity index (χ0v) is 21.9. The molecule has 3 aliphatic heterocycles. The highest BCUT2D eigenvalue weighted by Gasteiger charge is 2.47. The number of carboxylic acid groups (broad SMARTS) is 1. The molecule has 0 aliphatic carbocycles. The van der Waals surface area contributed by atoms with Crippen molar-refractivity contribution in [2.45, 2.75) is 18.6 Å². The van der Waals surface area contributed by atoms with E-state index in [0.717, 1.165) is 16.7 Å². The van der Waals surface area contributed by atoms with Crippen LogP contribution in [0.15, 0.2) is 36.4 Å². The SMILES string of the molecule is COc1ccc2c(c1OC)C(=O)O[C@@H]2[C@H]1c2c(c(-c3cccc(C(=O)O)c3)c3c(c2OC)OCO3)CCN1C. The van der Waals surface area contributed by atoms with Crippen LogP contribution in [0.25, 0.3) is 11.1 Å². The number of carbonyl (C=O) groups excluding carboxylic acids is 1. The monoisotopic (exact) mass is 533 g/mol. The number of hydrogen-bond donors (Lipinski definition) is 1. The lowest BCUT2D eigenvalue weighted by atomic mass is 9.81. The van der Waals surface area contributed by atoms with Crippen molar-refractivity contribution in [1.29, 1.82) is 0 Å². The van der Waals surface area contributed by atoms with Crippen LogP contribution in [0.2, 0.25) is 0 Å². The molecular weight excluding hydrogens is 506 g/mol. The van der Waals surface area contributed by atoms with Crippen LogP contribution in [0.1, 0.15) is 49.6 Å². The van der Waals surface area contributed by atoms with Crippen LogP contribution in [-0.4, -0.2) is 63.7 Å². The lowest BCUT2D eigenvalue weighted by Crippen LogP contribution is -2.36. The van der Waals surface area contributed by atoms with Crippen molar-refractivity contribution in [2.75, 3.05) is 41.7 Å². The molecule has 0 unspecified atom stereocenters. The number of benzene rings is 3. The van der Waals surface area contributed by atoms with Crippen molar-refractivity contribution in [1.82, 2.24) is 4.90 Å². The molecule has 39 heavy (non-hydrogen) atoms. The molecule has 0 spiro atoms. The second kappa shape index (κ2) is 9.39. The summed E-state index contributed by atoms with van der Waals surface area (Å²) in [7, 11) is 6.54. The Kier molecular flexibility index (Phi) is 5.99. The largest absolute Gasteiger partial charge is 0.493 e. The molecule has 0 saturated heterocycles. The summed E-state index contributed by atoms with van der Waals surface area (Å²) in [5.41, 5.74) is 4.32. The molecule has 10 heteroatoms. The summed E-state index contributed by atoms with van der Waals surface area (Å²) in [6.07, 6.45) is -0.0506. The maximum Gasteiger partial charge on any atom is 0.343 e. The van der Waals surface area contributed by atoms with E-state index in [2.05, 4.69) is 4.90 Å². The Morgan fingerprint density at radius 1 is 1.00 bits per heavy atom. The quantitative estimate of drug-likeness (QED) is 0.462. The van der Waals surface area contributed by atoms with Crippen LogP contribution in [0.3, 0.4) is 0 Å². The topological polar surface area (TPSA) is 113 Å². The van der Waals surface area contributed by atoms with Gasteiger partial charge in [-0.2, -0.15) is 0 Å². The van der Waals surface area contributed by atoms with Gasteiger partial charge in [-0.25, -0.2) is 9.59 Å². The molecule has 0 aromatic heterocycles. The molecule has 3 aromatic carbocycles. The first kappa shape index (κ1) is 24.9. The Morgan fingerprint density at radius 3 is 2.49 bits per heavy atom. The molecule has 0 amide bonds. The molecular formula is C29H27NO9. The maximum atomic E-state index is 13.2. The van der Waals surface area contributed by atoms with Crippen LogP contribution >= 0.6 is 0 Å². The predicted molar refractivity (Wildman–Crippen MR) is 138 cm³/mol. The third-order valence-corrected chi connectivity index (χ3v) is 7.61. The zero-order chi connectivity index (χ0) is 27.4. The van der Waals surface area contributed by atoms with Crippen LogP contribution < -0.4 is 23.7 Å². The van der Waals surface area contributed by atoms with Crippen LogP contribution in [-0.2, 0) is 11.2 Å². The Hall–Kier alpha value is -4.44. The molecule has 3 aromatic rings. The molecule has 0 fully saturated rings. The van der Waals surface area contributed by atoms with Gasteiger partial charge < -0.3 is 33.5 Å². The first-order valence-electron chi connectivity index (χ1n) is 12.4. The normalized spacial score (nSPS) is 19.2. The summed E-state index contributed by atoms with van der Waals surface area (Å²) >= 11 is 0. The Bertz CT molecular complexity index is 1520. The average Bonchev–Trinajstić information content (AvgIpc) is 3.55. The molecule has 202 valence electrons. The number of cyclic esters (lactones) is 1. The van der Waals surface area contributed by atoms with Crippen molar-refractivity contribution in [2.24, 2.45) is 0 Å². The smallest absolute Gasteiger partial charge is 0.343 e. The number of aromatic carboxylic acids is 1. The van der Waals surface area contributed by atoms with E-state index in [-0.39, 0.29) is 12.4 Å². The molecule has 1 N–H and O–H groups in total. The molecule has 6 rings (SSSR count). The van der Waals surface area contributed by atoms with Crippen molar-refractivity contribution >= 4 is 11.9 Å². The van der Waals surface area contributed by atoms with E-state index < -0.39 is 24.1 Å². The van der Waals surface area contributed by atoms with E-state index >= 15 is 0 Å². The Morgan fingerprint density at radius 2 is 1.77 bits per heavy atom. The molecule has 0 bridgehead atoms. The van der Waals surface area contributed by atoms with Gasteiger partial charge in [-0.1, -0.05) is 18.2 Å².